The third-order valence-corrected chi connectivity index (χ3v) is 3.05. The van der Waals surface area contributed by atoms with E-state index in [4.69, 9.17) is 11.6 Å². The van der Waals surface area contributed by atoms with Gasteiger partial charge in [0.25, 0.3) is 0 Å². The van der Waals surface area contributed by atoms with Crippen molar-refractivity contribution in [3.05, 3.63) is 29.3 Å². The molecule has 0 spiro atoms. The van der Waals surface area contributed by atoms with Crippen LogP contribution in [0.2, 0.25) is 0 Å². The van der Waals surface area contributed by atoms with Crippen LogP contribution < -0.4 is 4.90 Å². The molecule has 1 amide bonds. The Balaban J connectivity index is 0.000000492. The van der Waals surface area contributed by atoms with E-state index in [1.165, 1.54) is 11.1 Å². The van der Waals surface area contributed by atoms with Gasteiger partial charge in [-0.2, -0.15) is 0 Å². The predicted octanol–water partition coefficient (Wildman–Crippen LogP) is 3.96. The van der Waals surface area contributed by atoms with E-state index in [2.05, 4.69) is 32.0 Å². The summed E-state index contributed by atoms with van der Waals surface area (Å²) in [5, 5.41) is 0. The van der Waals surface area contributed by atoms with Crippen LogP contribution in [0, 0.1) is 0 Å². The molecular weight excluding hydrogens is 246 g/mol. The zero-order valence-corrected chi connectivity index (χ0v) is 12.2. The molecule has 0 bridgehead atoms. The van der Waals surface area contributed by atoms with Gasteiger partial charge in [0.05, 0.1) is 0 Å². The number of benzene rings is 1. The molecule has 0 saturated heterocycles. The topological polar surface area (TPSA) is 20.3 Å². The second kappa shape index (κ2) is 7.42. The lowest BCUT2D eigenvalue weighted by Crippen LogP contribution is -2.27. The van der Waals surface area contributed by atoms with Crippen molar-refractivity contribution in [2.24, 2.45) is 0 Å². The molecule has 0 aromatic heterocycles. The molecule has 1 aromatic rings. The molecule has 0 atom stereocenters. The molecule has 2 nitrogen and oxygen atoms in total. The number of aryl methyl sites for hydroxylation is 1. The summed E-state index contributed by atoms with van der Waals surface area (Å²) in [6.45, 7) is 7.14. The molecule has 1 aliphatic heterocycles. The van der Waals surface area contributed by atoms with Crippen molar-refractivity contribution in [2.45, 2.75) is 39.5 Å². The van der Waals surface area contributed by atoms with Crippen molar-refractivity contribution in [3.8, 4) is 0 Å². The summed E-state index contributed by atoms with van der Waals surface area (Å²) in [6.07, 6.45) is 3.11. The van der Waals surface area contributed by atoms with Crippen LogP contribution in [-0.4, -0.2) is 18.8 Å². The maximum Gasteiger partial charge on any atom is 0.214 e. The van der Waals surface area contributed by atoms with Crippen molar-refractivity contribution in [2.75, 3.05) is 17.3 Å². The molecule has 3 heteroatoms. The van der Waals surface area contributed by atoms with E-state index < -0.39 is 0 Å². The van der Waals surface area contributed by atoms with Gasteiger partial charge in [-0.15, -0.1) is 11.6 Å². The fourth-order valence-corrected chi connectivity index (χ4v) is 2.11. The molecule has 1 heterocycles. The largest absolute Gasteiger partial charge is 0.315 e. The molecule has 0 unspecified atom stereocenters. The fraction of sp³-hybridized carbons (Fsp3) is 0.533. The Morgan fingerprint density at radius 1 is 1.44 bits per heavy atom. The van der Waals surface area contributed by atoms with E-state index in [0.29, 0.717) is 5.92 Å². The van der Waals surface area contributed by atoms with Crippen molar-refractivity contribution in [3.63, 3.8) is 0 Å². The average molecular weight is 268 g/mol. The first-order chi connectivity index (χ1) is 8.63. The first-order valence-electron chi connectivity index (χ1n) is 6.54. The third kappa shape index (κ3) is 3.74. The number of alkyl halides is 1. The first kappa shape index (κ1) is 15.0. The highest BCUT2D eigenvalue weighted by molar-refractivity contribution is 6.17. The van der Waals surface area contributed by atoms with Crippen LogP contribution >= 0.6 is 11.6 Å². The Labute approximate surface area is 115 Å². The van der Waals surface area contributed by atoms with Crippen molar-refractivity contribution < 1.29 is 4.79 Å². The number of amides is 1. The maximum absolute atomic E-state index is 10.9. The minimum atomic E-state index is 0.557. The van der Waals surface area contributed by atoms with Gasteiger partial charge in [0.1, 0.15) is 0 Å². The van der Waals surface area contributed by atoms with E-state index in [0.717, 1.165) is 37.4 Å². The van der Waals surface area contributed by atoms with E-state index in [1.807, 2.05) is 11.8 Å². The van der Waals surface area contributed by atoms with Gasteiger partial charge in [0.15, 0.2) is 0 Å². The highest BCUT2D eigenvalue weighted by atomic mass is 35.5. The number of carbonyl (C=O) groups is 1. The second-order valence-corrected chi connectivity index (χ2v) is 5.25. The normalized spacial score (nSPS) is 13.7. The van der Waals surface area contributed by atoms with Gasteiger partial charge in [0.2, 0.25) is 6.41 Å². The summed E-state index contributed by atoms with van der Waals surface area (Å²) in [4.78, 5) is 12.7. The van der Waals surface area contributed by atoms with Crippen molar-refractivity contribution in [1.29, 1.82) is 0 Å². The highest BCUT2D eigenvalue weighted by Crippen LogP contribution is 2.29. The summed E-state index contributed by atoms with van der Waals surface area (Å²) >= 11 is 5.00. The van der Waals surface area contributed by atoms with Crippen molar-refractivity contribution in [1.82, 2.24) is 0 Å². The molecule has 0 radical (unpaired) electrons. The molecule has 1 aliphatic rings. The fourth-order valence-electron chi connectivity index (χ4n) is 2.11. The number of hydrogen-bond donors (Lipinski definition) is 0. The lowest BCUT2D eigenvalue weighted by atomic mass is 9.95. The lowest BCUT2D eigenvalue weighted by molar-refractivity contribution is -0.107. The Morgan fingerprint density at radius 2 is 2.11 bits per heavy atom. The summed E-state index contributed by atoms with van der Waals surface area (Å²) in [6, 6.07) is 6.46. The zero-order chi connectivity index (χ0) is 13.5. The molecule has 2 rings (SSSR count). The standard InChI is InChI=1S/C13H17NO.C2H5Cl/c1-10(2)11-5-6-13-12(8-11)4-3-7-14(13)9-15;1-2-3/h5-6,8-10H,3-4,7H2,1-2H3;2H2,1H3. The minimum Gasteiger partial charge on any atom is -0.315 e. The SMILES string of the molecule is CC(C)c1ccc2c(c1)CCCN2C=O.CCCl. The lowest BCUT2D eigenvalue weighted by Gasteiger charge is -2.26. The van der Waals surface area contributed by atoms with Crippen LogP contribution in [-0.2, 0) is 11.2 Å². The number of nitrogens with zero attached hydrogens (tertiary/aromatic N) is 1. The van der Waals surface area contributed by atoms with Gasteiger partial charge in [-0.3, -0.25) is 4.79 Å². The van der Waals surface area contributed by atoms with E-state index in [9.17, 15) is 4.79 Å². The zero-order valence-electron chi connectivity index (χ0n) is 11.4. The van der Waals surface area contributed by atoms with Gasteiger partial charge >= 0.3 is 0 Å². The third-order valence-electron chi connectivity index (χ3n) is 3.05. The Bertz CT molecular complexity index is 390. The van der Waals surface area contributed by atoms with Gasteiger partial charge in [-0.05, 0) is 36.0 Å². The summed E-state index contributed by atoms with van der Waals surface area (Å²) in [7, 11) is 0. The van der Waals surface area contributed by atoms with Gasteiger partial charge < -0.3 is 4.90 Å². The van der Waals surface area contributed by atoms with Gasteiger partial charge in [-0.1, -0.05) is 32.9 Å². The molecule has 0 N–H and O–H groups in total. The van der Waals surface area contributed by atoms with Crippen molar-refractivity contribution >= 4 is 23.7 Å². The van der Waals surface area contributed by atoms with Crippen LogP contribution in [0.5, 0.6) is 0 Å². The van der Waals surface area contributed by atoms with Crippen LogP contribution in [0.4, 0.5) is 5.69 Å². The molecule has 1 aromatic carbocycles. The smallest absolute Gasteiger partial charge is 0.214 e. The number of rotatable bonds is 2. The van der Waals surface area contributed by atoms with Crippen LogP contribution in [0.15, 0.2) is 18.2 Å². The van der Waals surface area contributed by atoms with Crippen LogP contribution in [0.3, 0.4) is 0 Å². The Hall–Kier alpha value is -1.02. The number of hydrogen-bond acceptors (Lipinski definition) is 1. The second-order valence-electron chi connectivity index (χ2n) is 4.71. The van der Waals surface area contributed by atoms with Crippen LogP contribution in [0.1, 0.15) is 44.2 Å². The predicted molar refractivity (Wildman–Crippen MR) is 78.7 cm³/mol. The van der Waals surface area contributed by atoms with Gasteiger partial charge in [-0.25, -0.2) is 0 Å². The Kier molecular flexibility index (Phi) is 6.20. The molecular formula is C15H22ClNO. The first-order valence-corrected chi connectivity index (χ1v) is 7.08. The number of anilines is 1. The van der Waals surface area contributed by atoms with Crippen LogP contribution in [0.25, 0.3) is 0 Å². The monoisotopic (exact) mass is 267 g/mol. The average Bonchev–Trinajstić information content (AvgIpc) is 2.38. The molecule has 0 aliphatic carbocycles. The number of fused-ring (bicyclic) bond motifs is 1. The molecule has 0 fully saturated rings. The van der Waals surface area contributed by atoms with E-state index >= 15 is 0 Å². The summed E-state index contributed by atoms with van der Waals surface area (Å²) < 4.78 is 0. The summed E-state index contributed by atoms with van der Waals surface area (Å²) in [5.74, 6) is 1.28. The summed E-state index contributed by atoms with van der Waals surface area (Å²) in [5.41, 5.74) is 3.78. The number of halogens is 1. The van der Waals surface area contributed by atoms with E-state index in [1.54, 1.807) is 0 Å². The number of carbonyl (C=O) groups excluding carboxylic acids is 1. The quantitative estimate of drug-likeness (QED) is 0.587. The van der Waals surface area contributed by atoms with Gasteiger partial charge in [0, 0.05) is 18.1 Å². The Morgan fingerprint density at radius 3 is 2.67 bits per heavy atom. The molecule has 0 saturated carbocycles. The maximum atomic E-state index is 10.9. The molecule has 100 valence electrons. The molecule has 18 heavy (non-hydrogen) atoms. The van der Waals surface area contributed by atoms with E-state index in [-0.39, 0.29) is 0 Å². The highest BCUT2D eigenvalue weighted by Gasteiger charge is 2.16. The minimum absolute atomic E-state index is 0.557.